The van der Waals surface area contributed by atoms with Crippen molar-refractivity contribution in [3.05, 3.63) is 41.1 Å². The molecule has 0 unspecified atom stereocenters. The van der Waals surface area contributed by atoms with Crippen LogP contribution in [0.3, 0.4) is 0 Å². The molecule has 6 nitrogen and oxygen atoms in total. The molecule has 0 saturated carbocycles. The van der Waals surface area contributed by atoms with Crippen molar-refractivity contribution in [1.82, 2.24) is 20.2 Å². The van der Waals surface area contributed by atoms with Crippen molar-refractivity contribution < 1.29 is 13.6 Å². The summed E-state index contributed by atoms with van der Waals surface area (Å²) in [6.45, 7) is 7.95. The lowest BCUT2D eigenvalue weighted by Gasteiger charge is -2.27. The van der Waals surface area contributed by atoms with Gasteiger partial charge in [-0.2, -0.15) is 8.78 Å². The molecule has 0 bridgehead atoms. The van der Waals surface area contributed by atoms with Gasteiger partial charge in [-0.05, 0) is 24.3 Å². The molecule has 8 heteroatoms. The van der Waals surface area contributed by atoms with E-state index < -0.39 is 5.92 Å². The van der Waals surface area contributed by atoms with Gasteiger partial charge in [-0.3, -0.25) is 4.79 Å². The number of fused-ring (bicyclic) bond motifs is 1. The minimum atomic E-state index is -2.93. The zero-order chi connectivity index (χ0) is 22.7. The van der Waals surface area contributed by atoms with E-state index in [1.54, 1.807) is 0 Å². The molecule has 172 valence electrons. The third-order valence-corrected chi connectivity index (χ3v) is 6.10. The molecule has 2 N–H and O–H groups in total. The fourth-order valence-corrected chi connectivity index (χ4v) is 4.20. The molecule has 0 atom stereocenters. The molecule has 0 radical (unpaired) electrons. The average molecular weight is 444 g/mol. The summed E-state index contributed by atoms with van der Waals surface area (Å²) in [5, 5.41) is 6.36. The van der Waals surface area contributed by atoms with Crippen LogP contribution in [0.5, 0.6) is 0 Å². The quantitative estimate of drug-likeness (QED) is 0.684. The largest absolute Gasteiger partial charge is 0.354 e. The molecular formula is C24H31F2N5O. The van der Waals surface area contributed by atoms with E-state index in [2.05, 4.69) is 34.4 Å². The van der Waals surface area contributed by atoms with Gasteiger partial charge in [0.25, 0.3) is 5.92 Å². The number of carbonyl (C=O) groups is 1. The SMILES string of the molecule is CC(C)CCNc1nc(-c2ccc(CC(=O)N3CCNCC3)cc2)c2c(n1)C(F)(F)CC2. The summed E-state index contributed by atoms with van der Waals surface area (Å²) in [5.74, 6) is -2.08. The highest BCUT2D eigenvalue weighted by molar-refractivity contribution is 5.79. The molecule has 1 aliphatic carbocycles. The average Bonchev–Trinajstić information content (AvgIpc) is 3.09. The second kappa shape index (κ2) is 9.48. The van der Waals surface area contributed by atoms with Crippen molar-refractivity contribution >= 4 is 11.9 Å². The molecule has 1 amide bonds. The highest BCUT2D eigenvalue weighted by atomic mass is 19.3. The standard InChI is InChI=1S/C24H31F2N5O/c1-16(2)8-10-28-23-29-21(19-7-9-24(25,26)22(19)30-23)18-5-3-17(4-6-18)15-20(32)31-13-11-27-12-14-31/h3-6,16,27H,7-15H2,1-2H3,(H,28,29,30). The van der Waals surface area contributed by atoms with Gasteiger partial charge in [0.2, 0.25) is 11.9 Å². The van der Waals surface area contributed by atoms with E-state index in [1.165, 1.54) is 0 Å². The van der Waals surface area contributed by atoms with Crippen LogP contribution in [0.15, 0.2) is 24.3 Å². The van der Waals surface area contributed by atoms with Crippen molar-refractivity contribution in [2.45, 2.75) is 45.5 Å². The van der Waals surface area contributed by atoms with Crippen LogP contribution in [-0.2, 0) is 23.6 Å². The van der Waals surface area contributed by atoms with Crippen LogP contribution < -0.4 is 10.6 Å². The van der Waals surface area contributed by atoms with Gasteiger partial charge in [0, 0.05) is 50.3 Å². The third kappa shape index (κ3) is 5.06. The van der Waals surface area contributed by atoms with Crippen molar-refractivity contribution in [3.8, 4) is 11.3 Å². The van der Waals surface area contributed by atoms with E-state index in [-0.39, 0.29) is 30.4 Å². The van der Waals surface area contributed by atoms with Crippen molar-refractivity contribution in [2.24, 2.45) is 5.92 Å². The van der Waals surface area contributed by atoms with Gasteiger partial charge in [-0.15, -0.1) is 0 Å². The predicted octanol–water partition coefficient (Wildman–Crippen LogP) is 3.61. The predicted molar refractivity (Wildman–Crippen MR) is 121 cm³/mol. The van der Waals surface area contributed by atoms with Crippen LogP contribution in [0.2, 0.25) is 0 Å². The van der Waals surface area contributed by atoms with Gasteiger partial charge in [0.1, 0.15) is 5.69 Å². The van der Waals surface area contributed by atoms with Crippen molar-refractivity contribution in [3.63, 3.8) is 0 Å². The summed E-state index contributed by atoms with van der Waals surface area (Å²) >= 11 is 0. The first-order chi connectivity index (χ1) is 15.3. The summed E-state index contributed by atoms with van der Waals surface area (Å²) in [7, 11) is 0. The van der Waals surface area contributed by atoms with Crippen LogP contribution >= 0.6 is 0 Å². The molecule has 2 heterocycles. The molecular weight excluding hydrogens is 412 g/mol. The molecule has 2 aromatic rings. The Morgan fingerprint density at radius 3 is 2.59 bits per heavy atom. The number of halogens is 2. The maximum atomic E-state index is 14.5. The molecule has 2 aliphatic rings. The summed E-state index contributed by atoms with van der Waals surface area (Å²) in [6.07, 6.45) is 1.26. The Balaban J connectivity index is 1.55. The highest BCUT2D eigenvalue weighted by Crippen LogP contribution is 2.44. The second-order valence-corrected chi connectivity index (χ2v) is 9.04. The number of rotatable bonds is 7. The number of anilines is 1. The molecule has 1 fully saturated rings. The van der Waals surface area contributed by atoms with E-state index in [9.17, 15) is 13.6 Å². The van der Waals surface area contributed by atoms with Gasteiger partial charge in [-0.25, -0.2) is 9.97 Å². The number of amides is 1. The zero-order valence-electron chi connectivity index (χ0n) is 18.8. The van der Waals surface area contributed by atoms with E-state index in [4.69, 9.17) is 0 Å². The Kier molecular flexibility index (Phi) is 6.69. The fraction of sp³-hybridized carbons (Fsp3) is 0.542. The number of nitrogens with zero attached hydrogens (tertiary/aromatic N) is 3. The van der Waals surface area contributed by atoms with E-state index in [0.29, 0.717) is 30.1 Å². The molecule has 32 heavy (non-hydrogen) atoms. The number of nitrogens with one attached hydrogen (secondary N) is 2. The van der Waals surface area contributed by atoms with Crippen LogP contribution in [-0.4, -0.2) is 53.5 Å². The van der Waals surface area contributed by atoms with Crippen molar-refractivity contribution in [1.29, 1.82) is 0 Å². The number of benzene rings is 1. The lowest BCUT2D eigenvalue weighted by molar-refractivity contribution is -0.131. The van der Waals surface area contributed by atoms with Gasteiger partial charge >= 0.3 is 0 Å². The zero-order valence-corrected chi connectivity index (χ0v) is 18.8. The normalized spacial score (nSPS) is 17.5. The topological polar surface area (TPSA) is 70.2 Å². The Bertz CT molecular complexity index is 956. The first-order valence-corrected chi connectivity index (χ1v) is 11.4. The van der Waals surface area contributed by atoms with Crippen molar-refractivity contribution in [2.75, 3.05) is 38.0 Å². The molecule has 1 saturated heterocycles. The molecule has 1 aliphatic heterocycles. The Labute approximate surface area is 187 Å². The van der Waals surface area contributed by atoms with Gasteiger partial charge < -0.3 is 15.5 Å². The first kappa shape index (κ1) is 22.6. The number of piperazine rings is 1. The molecule has 1 aromatic heterocycles. The van der Waals surface area contributed by atoms with Gasteiger partial charge in [0.05, 0.1) is 12.1 Å². The number of aromatic nitrogens is 2. The number of alkyl halides is 2. The smallest absolute Gasteiger partial charge is 0.290 e. The molecule has 4 rings (SSSR count). The lowest BCUT2D eigenvalue weighted by Crippen LogP contribution is -2.46. The Morgan fingerprint density at radius 2 is 1.91 bits per heavy atom. The summed E-state index contributed by atoms with van der Waals surface area (Å²) in [4.78, 5) is 23.2. The number of hydrogen-bond donors (Lipinski definition) is 2. The van der Waals surface area contributed by atoms with Crippen LogP contribution in [0.4, 0.5) is 14.7 Å². The Hall–Kier alpha value is -2.61. The van der Waals surface area contributed by atoms with E-state index in [0.717, 1.165) is 43.7 Å². The molecule has 1 aromatic carbocycles. The summed E-state index contributed by atoms with van der Waals surface area (Å²) < 4.78 is 29.0. The minimum Gasteiger partial charge on any atom is -0.354 e. The maximum Gasteiger partial charge on any atom is 0.290 e. The van der Waals surface area contributed by atoms with E-state index in [1.807, 2.05) is 29.2 Å². The van der Waals surface area contributed by atoms with Gasteiger partial charge in [0.15, 0.2) is 0 Å². The summed E-state index contributed by atoms with van der Waals surface area (Å²) in [6, 6.07) is 7.53. The maximum absolute atomic E-state index is 14.5. The Morgan fingerprint density at radius 1 is 1.19 bits per heavy atom. The minimum absolute atomic E-state index is 0.110. The van der Waals surface area contributed by atoms with Crippen LogP contribution in [0.1, 0.15) is 43.5 Å². The molecule has 0 spiro atoms. The lowest BCUT2D eigenvalue weighted by atomic mass is 10.0. The fourth-order valence-electron chi connectivity index (χ4n) is 4.20. The van der Waals surface area contributed by atoms with Crippen LogP contribution in [0.25, 0.3) is 11.3 Å². The monoisotopic (exact) mass is 443 g/mol. The second-order valence-electron chi connectivity index (χ2n) is 9.04. The number of carbonyl (C=O) groups excluding carboxylic acids is 1. The number of hydrogen-bond acceptors (Lipinski definition) is 5. The van der Waals surface area contributed by atoms with Gasteiger partial charge in [-0.1, -0.05) is 38.1 Å². The highest BCUT2D eigenvalue weighted by Gasteiger charge is 2.43. The summed E-state index contributed by atoms with van der Waals surface area (Å²) in [5.41, 5.74) is 2.59. The van der Waals surface area contributed by atoms with Crippen LogP contribution in [0, 0.1) is 5.92 Å². The van der Waals surface area contributed by atoms with E-state index >= 15 is 0 Å². The third-order valence-electron chi connectivity index (χ3n) is 6.10. The first-order valence-electron chi connectivity index (χ1n) is 11.4.